The number of benzene rings is 1. The second-order valence-electron chi connectivity index (χ2n) is 7.01. The highest BCUT2D eigenvalue weighted by molar-refractivity contribution is 5.79. The number of guanidine groups is 1. The van der Waals surface area contributed by atoms with Crippen LogP contribution in [-0.4, -0.2) is 50.7 Å². The zero-order chi connectivity index (χ0) is 19.6. The molecule has 6 nitrogen and oxygen atoms in total. The maximum atomic E-state index is 5.43. The highest BCUT2D eigenvalue weighted by Crippen LogP contribution is 2.27. The number of methoxy groups -OCH3 is 1. The standard InChI is InChI=1S/C22H32N4O2/c1-3-23-22(24-12-11-19-10-7-15-28-19)25-17-21(26-13-4-5-14-26)18-8-6-9-20(16-18)27-2/h6-10,15-16,21H,3-5,11-14,17H2,1-2H3,(H2,23,24,25). The van der Waals surface area contributed by atoms with Crippen molar-refractivity contribution in [1.82, 2.24) is 15.5 Å². The topological polar surface area (TPSA) is 62.0 Å². The first kappa shape index (κ1) is 20.3. The Hall–Kier alpha value is -2.47. The molecule has 1 fully saturated rings. The van der Waals surface area contributed by atoms with E-state index in [9.17, 15) is 0 Å². The lowest BCUT2D eigenvalue weighted by molar-refractivity contribution is 0.251. The number of aliphatic imine (C=N–C) groups is 1. The Morgan fingerprint density at radius 2 is 2.07 bits per heavy atom. The molecular weight excluding hydrogens is 352 g/mol. The third-order valence-corrected chi connectivity index (χ3v) is 5.07. The number of nitrogens with zero attached hydrogens (tertiary/aromatic N) is 2. The Morgan fingerprint density at radius 1 is 1.21 bits per heavy atom. The molecule has 1 aliphatic rings. The highest BCUT2D eigenvalue weighted by atomic mass is 16.5. The first-order chi connectivity index (χ1) is 13.8. The number of rotatable bonds is 9. The predicted octanol–water partition coefficient (Wildman–Crippen LogP) is 3.22. The summed E-state index contributed by atoms with van der Waals surface area (Å²) < 4.78 is 10.8. The molecule has 2 N–H and O–H groups in total. The smallest absolute Gasteiger partial charge is 0.191 e. The number of nitrogens with one attached hydrogen (secondary N) is 2. The Balaban J connectivity index is 1.67. The van der Waals surface area contributed by atoms with Gasteiger partial charge in [0, 0.05) is 19.5 Å². The number of furan rings is 1. The molecule has 1 atom stereocenters. The molecule has 1 aliphatic heterocycles. The first-order valence-corrected chi connectivity index (χ1v) is 10.2. The van der Waals surface area contributed by atoms with Gasteiger partial charge in [-0.2, -0.15) is 0 Å². The average molecular weight is 385 g/mol. The van der Waals surface area contributed by atoms with Crippen molar-refractivity contribution in [2.24, 2.45) is 4.99 Å². The second kappa shape index (κ2) is 10.8. The van der Waals surface area contributed by atoms with E-state index >= 15 is 0 Å². The van der Waals surface area contributed by atoms with Crippen LogP contribution in [0.4, 0.5) is 0 Å². The molecule has 0 saturated carbocycles. The molecule has 0 bridgehead atoms. The molecule has 2 aromatic rings. The fourth-order valence-corrected chi connectivity index (χ4v) is 3.61. The quantitative estimate of drug-likeness (QED) is 0.513. The summed E-state index contributed by atoms with van der Waals surface area (Å²) in [4.78, 5) is 7.42. The second-order valence-corrected chi connectivity index (χ2v) is 7.01. The van der Waals surface area contributed by atoms with Gasteiger partial charge in [-0.1, -0.05) is 12.1 Å². The largest absolute Gasteiger partial charge is 0.497 e. The van der Waals surface area contributed by atoms with Gasteiger partial charge in [0.2, 0.25) is 0 Å². The van der Waals surface area contributed by atoms with E-state index in [2.05, 4.69) is 40.7 Å². The van der Waals surface area contributed by atoms with Crippen molar-refractivity contribution in [3.05, 3.63) is 54.0 Å². The van der Waals surface area contributed by atoms with Crippen molar-refractivity contribution in [2.45, 2.75) is 32.2 Å². The van der Waals surface area contributed by atoms with Crippen LogP contribution in [0.2, 0.25) is 0 Å². The van der Waals surface area contributed by atoms with Crippen molar-refractivity contribution < 1.29 is 9.15 Å². The first-order valence-electron chi connectivity index (χ1n) is 10.2. The summed E-state index contributed by atoms with van der Waals surface area (Å²) >= 11 is 0. The van der Waals surface area contributed by atoms with Gasteiger partial charge in [0.15, 0.2) is 5.96 Å². The fraction of sp³-hybridized carbons (Fsp3) is 0.500. The van der Waals surface area contributed by atoms with Crippen LogP contribution in [0.15, 0.2) is 52.1 Å². The SMILES string of the molecule is CCNC(=NCC(c1cccc(OC)c1)N1CCCC1)NCCc1ccco1. The van der Waals surface area contributed by atoms with E-state index in [1.165, 1.54) is 18.4 Å². The molecule has 1 aromatic heterocycles. The third kappa shape index (κ3) is 5.76. The summed E-state index contributed by atoms with van der Waals surface area (Å²) in [5, 5.41) is 6.76. The summed E-state index contributed by atoms with van der Waals surface area (Å²) in [6.07, 6.45) is 5.06. The van der Waals surface area contributed by atoms with Gasteiger partial charge in [-0.3, -0.25) is 9.89 Å². The van der Waals surface area contributed by atoms with Gasteiger partial charge in [0.05, 0.1) is 26.0 Å². The average Bonchev–Trinajstić information content (AvgIpc) is 3.43. The van der Waals surface area contributed by atoms with Crippen LogP contribution in [0.1, 0.15) is 37.1 Å². The van der Waals surface area contributed by atoms with Gasteiger partial charge in [-0.15, -0.1) is 0 Å². The Kier molecular flexibility index (Phi) is 7.79. The molecular formula is C22H32N4O2. The van der Waals surface area contributed by atoms with Crippen LogP contribution in [0.25, 0.3) is 0 Å². The molecule has 0 aliphatic carbocycles. The van der Waals surface area contributed by atoms with E-state index < -0.39 is 0 Å². The zero-order valence-corrected chi connectivity index (χ0v) is 17.0. The van der Waals surface area contributed by atoms with Crippen LogP contribution in [-0.2, 0) is 6.42 Å². The molecule has 6 heteroatoms. The van der Waals surface area contributed by atoms with Gasteiger partial charge < -0.3 is 19.8 Å². The van der Waals surface area contributed by atoms with Crippen molar-refractivity contribution in [3.63, 3.8) is 0 Å². The summed E-state index contributed by atoms with van der Waals surface area (Å²) in [6.45, 7) is 6.67. The van der Waals surface area contributed by atoms with Crippen LogP contribution in [0.3, 0.4) is 0 Å². The zero-order valence-electron chi connectivity index (χ0n) is 17.0. The van der Waals surface area contributed by atoms with E-state index in [1.807, 2.05) is 18.2 Å². The number of ether oxygens (including phenoxy) is 1. The van der Waals surface area contributed by atoms with E-state index in [4.69, 9.17) is 14.1 Å². The van der Waals surface area contributed by atoms with Gasteiger partial charge in [0.1, 0.15) is 11.5 Å². The van der Waals surface area contributed by atoms with Crippen LogP contribution >= 0.6 is 0 Å². The van der Waals surface area contributed by atoms with Gasteiger partial charge in [-0.05, 0) is 62.7 Å². The maximum Gasteiger partial charge on any atom is 0.191 e. The van der Waals surface area contributed by atoms with Crippen molar-refractivity contribution in [3.8, 4) is 5.75 Å². The van der Waals surface area contributed by atoms with Gasteiger partial charge in [0.25, 0.3) is 0 Å². The third-order valence-electron chi connectivity index (χ3n) is 5.07. The van der Waals surface area contributed by atoms with E-state index in [1.54, 1.807) is 13.4 Å². The van der Waals surface area contributed by atoms with Crippen LogP contribution in [0, 0.1) is 0 Å². The fourth-order valence-electron chi connectivity index (χ4n) is 3.61. The van der Waals surface area contributed by atoms with E-state index in [-0.39, 0.29) is 6.04 Å². The monoisotopic (exact) mass is 384 g/mol. The van der Waals surface area contributed by atoms with Gasteiger partial charge in [-0.25, -0.2) is 0 Å². The molecule has 28 heavy (non-hydrogen) atoms. The van der Waals surface area contributed by atoms with Crippen LogP contribution < -0.4 is 15.4 Å². The van der Waals surface area contributed by atoms with Crippen molar-refractivity contribution >= 4 is 5.96 Å². The molecule has 1 saturated heterocycles. The summed E-state index contributed by atoms with van der Waals surface area (Å²) in [7, 11) is 1.72. The Morgan fingerprint density at radius 3 is 2.79 bits per heavy atom. The Bertz CT molecular complexity index is 724. The lowest BCUT2D eigenvalue weighted by atomic mass is 10.1. The molecule has 0 radical (unpaired) electrons. The number of hydrogen-bond acceptors (Lipinski definition) is 4. The molecule has 1 aromatic carbocycles. The Labute approximate surface area is 168 Å². The predicted molar refractivity (Wildman–Crippen MR) is 113 cm³/mol. The summed E-state index contributed by atoms with van der Waals surface area (Å²) in [6, 6.07) is 12.6. The molecule has 0 amide bonds. The lowest BCUT2D eigenvalue weighted by Crippen LogP contribution is -2.39. The number of likely N-dealkylation sites (tertiary alicyclic amines) is 1. The van der Waals surface area contributed by atoms with Crippen molar-refractivity contribution in [1.29, 1.82) is 0 Å². The van der Waals surface area contributed by atoms with Crippen LogP contribution in [0.5, 0.6) is 5.75 Å². The van der Waals surface area contributed by atoms with Gasteiger partial charge >= 0.3 is 0 Å². The van der Waals surface area contributed by atoms with Crippen molar-refractivity contribution in [2.75, 3.05) is 39.8 Å². The maximum absolute atomic E-state index is 5.43. The molecule has 2 heterocycles. The van der Waals surface area contributed by atoms with E-state index in [0.717, 1.165) is 50.1 Å². The number of hydrogen-bond donors (Lipinski definition) is 2. The molecule has 0 spiro atoms. The minimum atomic E-state index is 0.262. The molecule has 3 rings (SSSR count). The lowest BCUT2D eigenvalue weighted by Gasteiger charge is -2.27. The summed E-state index contributed by atoms with van der Waals surface area (Å²) in [5.74, 6) is 2.73. The van der Waals surface area contributed by atoms with E-state index in [0.29, 0.717) is 6.54 Å². The molecule has 152 valence electrons. The highest BCUT2D eigenvalue weighted by Gasteiger charge is 2.23. The summed E-state index contributed by atoms with van der Waals surface area (Å²) in [5.41, 5.74) is 1.26. The molecule has 1 unspecified atom stereocenters. The minimum absolute atomic E-state index is 0.262. The minimum Gasteiger partial charge on any atom is -0.497 e. The normalized spacial score (nSPS) is 16.1.